The highest BCUT2D eigenvalue weighted by Crippen LogP contribution is 2.22. The molecule has 0 saturated carbocycles. The Kier molecular flexibility index (Phi) is 37.4. The quantitative estimate of drug-likeness (QED) is 0.0267. The van der Waals surface area contributed by atoms with E-state index in [-0.39, 0.29) is 32.0 Å². The number of rotatable bonds is 39. The highest BCUT2D eigenvalue weighted by Gasteiger charge is 2.44. The zero-order chi connectivity index (χ0) is 43.7. The summed E-state index contributed by atoms with van der Waals surface area (Å²) in [5.41, 5.74) is 0. The van der Waals surface area contributed by atoms with E-state index in [0.29, 0.717) is 12.8 Å². The Balaban J connectivity index is 2.31. The molecule has 0 aromatic carbocycles. The zero-order valence-electron chi connectivity index (χ0n) is 37.7. The van der Waals surface area contributed by atoms with Crippen molar-refractivity contribution < 1.29 is 49.0 Å². The summed E-state index contributed by atoms with van der Waals surface area (Å²) in [6.07, 6.45) is 42.2. The largest absolute Gasteiger partial charge is 0.462 e. The number of aliphatic hydroxyl groups excluding tert-OH is 4. The van der Waals surface area contributed by atoms with E-state index in [1.165, 1.54) is 70.6 Å². The number of aliphatic hydroxyl groups is 4. The standard InChI is InChI=1S/C50H86O10/c1-3-5-7-9-11-13-15-17-19-21-23-24-26-28-30-32-34-36-38-45(52)57-41-43(42-58-50-49(56)48(55)47(54)44(40-51)60-50)59-46(53)39-37-35-33-31-29-27-25-22-20-18-16-14-12-10-8-6-4-2/h6,8,12-15,18-21,43-44,47-51,54-56H,3-5,7,9-11,16-17,22-42H2,1-2H3/b8-6-,14-12-,15-13-,20-18-,21-19-. The average Bonchev–Trinajstić information content (AvgIpc) is 3.25. The number of carbonyl (C=O) groups excluding carboxylic acids is 2. The number of carbonyl (C=O) groups is 2. The number of allylic oxidation sites excluding steroid dienone is 10. The van der Waals surface area contributed by atoms with E-state index >= 15 is 0 Å². The first-order valence-electron chi connectivity index (χ1n) is 23.9. The molecule has 1 aliphatic heterocycles. The predicted octanol–water partition coefficient (Wildman–Crippen LogP) is 10.6. The molecule has 0 radical (unpaired) electrons. The van der Waals surface area contributed by atoms with Gasteiger partial charge in [0, 0.05) is 12.8 Å². The van der Waals surface area contributed by atoms with Crippen molar-refractivity contribution in [3.63, 3.8) is 0 Å². The van der Waals surface area contributed by atoms with Crippen molar-refractivity contribution in [3.05, 3.63) is 60.8 Å². The number of hydrogen-bond acceptors (Lipinski definition) is 10. The van der Waals surface area contributed by atoms with E-state index in [1.54, 1.807) is 0 Å². The molecule has 10 heteroatoms. The second kappa shape index (κ2) is 40.5. The van der Waals surface area contributed by atoms with E-state index in [9.17, 15) is 30.0 Å². The maximum atomic E-state index is 12.8. The minimum absolute atomic E-state index is 0.215. The molecule has 0 spiro atoms. The molecule has 1 heterocycles. The molecule has 10 nitrogen and oxygen atoms in total. The molecule has 60 heavy (non-hydrogen) atoms. The van der Waals surface area contributed by atoms with Gasteiger partial charge < -0.3 is 39.4 Å². The molecular formula is C50H86O10. The van der Waals surface area contributed by atoms with Crippen LogP contribution in [-0.2, 0) is 28.5 Å². The molecule has 6 unspecified atom stereocenters. The lowest BCUT2D eigenvalue weighted by molar-refractivity contribution is -0.305. The summed E-state index contributed by atoms with van der Waals surface area (Å²) in [6.45, 7) is 3.28. The van der Waals surface area contributed by atoms with Crippen LogP contribution in [0.3, 0.4) is 0 Å². The summed E-state index contributed by atoms with van der Waals surface area (Å²) in [4.78, 5) is 25.4. The van der Waals surface area contributed by atoms with Crippen LogP contribution in [0, 0.1) is 0 Å². The second-order valence-electron chi connectivity index (χ2n) is 16.2. The maximum absolute atomic E-state index is 12.8. The molecule has 1 fully saturated rings. The van der Waals surface area contributed by atoms with Crippen LogP contribution in [0.25, 0.3) is 0 Å². The van der Waals surface area contributed by atoms with Crippen molar-refractivity contribution >= 4 is 11.9 Å². The van der Waals surface area contributed by atoms with Crippen LogP contribution in [0.4, 0.5) is 0 Å². The van der Waals surface area contributed by atoms with Crippen molar-refractivity contribution in [3.8, 4) is 0 Å². The summed E-state index contributed by atoms with van der Waals surface area (Å²) in [5.74, 6) is -0.828. The van der Waals surface area contributed by atoms with Gasteiger partial charge in [-0.1, -0.05) is 158 Å². The molecule has 0 aliphatic carbocycles. The molecule has 6 atom stereocenters. The Labute approximate surface area is 364 Å². The zero-order valence-corrected chi connectivity index (χ0v) is 37.7. The normalized spacial score (nSPS) is 20.4. The fourth-order valence-electron chi connectivity index (χ4n) is 6.88. The minimum atomic E-state index is -1.60. The first-order chi connectivity index (χ1) is 29.3. The second-order valence-corrected chi connectivity index (χ2v) is 16.2. The lowest BCUT2D eigenvalue weighted by Gasteiger charge is -2.39. The van der Waals surface area contributed by atoms with Gasteiger partial charge in [-0.25, -0.2) is 0 Å². The fraction of sp³-hybridized carbons (Fsp3) is 0.760. The molecule has 0 aromatic heterocycles. The van der Waals surface area contributed by atoms with Crippen LogP contribution >= 0.6 is 0 Å². The third-order valence-corrected chi connectivity index (χ3v) is 10.6. The van der Waals surface area contributed by atoms with Gasteiger partial charge >= 0.3 is 11.9 Å². The van der Waals surface area contributed by atoms with Gasteiger partial charge in [0.25, 0.3) is 0 Å². The first kappa shape index (κ1) is 55.4. The van der Waals surface area contributed by atoms with Crippen LogP contribution in [0.5, 0.6) is 0 Å². The summed E-state index contributed by atoms with van der Waals surface area (Å²) in [6, 6.07) is 0. The summed E-state index contributed by atoms with van der Waals surface area (Å²) < 4.78 is 22.2. The van der Waals surface area contributed by atoms with Gasteiger partial charge in [0.1, 0.15) is 31.0 Å². The Morgan fingerprint density at radius 1 is 0.533 bits per heavy atom. The summed E-state index contributed by atoms with van der Waals surface area (Å²) >= 11 is 0. The summed E-state index contributed by atoms with van der Waals surface area (Å²) in [7, 11) is 0. The number of hydrogen-bond donors (Lipinski definition) is 4. The first-order valence-corrected chi connectivity index (χ1v) is 23.9. The highest BCUT2D eigenvalue weighted by atomic mass is 16.7. The molecule has 1 aliphatic rings. The molecule has 1 saturated heterocycles. The van der Waals surface area contributed by atoms with Gasteiger partial charge in [-0.3, -0.25) is 9.59 Å². The topological polar surface area (TPSA) is 152 Å². The van der Waals surface area contributed by atoms with Crippen LogP contribution in [0.15, 0.2) is 60.8 Å². The van der Waals surface area contributed by atoms with Crippen LogP contribution < -0.4 is 0 Å². The van der Waals surface area contributed by atoms with Crippen LogP contribution in [0.1, 0.15) is 187 Å². The van der Waals surface area contributed by atoms with Gasteiger partial charge in [0.05, 0.1) is 13.2 Å². The average molecular weight is 847 g/mol. The van der Waals surface area contributed by atoms with Crippen molar-refractivity contribution in [2.24, 2.45) is 0 Å². The Morgan fingerprint density at radius 2 is 0.983 bits per heavy atom. The van der Waals surface area contributed by atoms with Gasteiger partial charge in [0.2, 0.25) is 0 Å². The van der Waals surface area contributed by atoms with Crippen molar-refractivity contribution in [2.45, 2.75) is 224 Å². The van der Waals surface area contributed by atoms with Crippen LogP contribution in [0.2, 0.25) is 0 Å². The third-order valence-electron chi connectivity index (χ3n) is 10.6. The molecule has 0 aromatic rings. The molecule has 1 rings (SSSR count). The van der Waals surface area contributed by atoms with E-state index in [4.69, 9.17) is 18.9 Å². The Bertz CT molecular complexity index is 1160. The Morgan fingerprint density at radius 3 is 1.48 bits per heavy atom. The van der Waals surface area contributed by atoms with E-state index in [1.807, 2.05) is 0 Å². The molecular weight excluding hydrogens is 761 g/mol. The fourth-order valence-corrected chi connectivity index (χ4v) is 6.88. The molecule has 4 N–H and O–H groups in total. The van der Waals surface area contributed by atoms with Crippen molar-refractivity contribution in [1.29, 1.82) is 0 Å². The molecule has 346 valence electrons. The maximum Gasteiger partial charge on any atom is 0.306 e. The lowest BCUT2D eigenvalue weighted by Crippen LogP contribution is -2.59. The Hall–Kier alpha value is -2.60. The van der Waals surface area contributed by atoms with Crippen molar-refractivity contribution in [2.75, 3.05) is 19.8 Å². The SMILES string of the molecule is CC/C=C\C/C=C\C/C=C\CCCCCCCCCC(=O)OC(COC(=O)CCCCCCCCC/C=C\C/C=C\CCCCCC)COC1OC(CO)C(O)C(O)C1O. The van der Waals surface area contributed by atoms with Crippen LogP contribution in [-0.4, -0.2) is 89.0 Å². The van der Waals surface area contributed by atoms with E-state index in [0.717, 1.165) is 77.0 Å². The van der Waals surface area contributed by atoms with Gasteiger partial charge in [-0.05, 0) is 77.0 Å². The van der Waals surface area contributed by atoms with Crippen molar-refractivity contribution in [1.82, 2.24) is 0 Å². The molecule has 0 bridgehead atoms. The predicted molar refractivity (Wildman–Crippen MR) is 242 cm³/mol. The van der Waals surface area contributed by atoms with E-state index < -0.39 is 49.4 Å². The number of unbranched alkanes of at least 4 members (excludes halogenated alkanes) is 18. The smallest absolute Gasteiger partial charge is 0.306 e. The molecule has 0 amide bonds. The number of esters is 2. The minimum Gasteiger partial charge on any atom is -0.462 e. The van der Waals surface area contributed by atoms with Gasteiger partial charge in [-0.15, -0.1) is 0 Å². The van der Waals surface area contributed by atoms with E-state index in [2.05, 4.69) is 74.6 Å². The highest BCUT2D eigenvalue weighted by molar-refractivity contribution is 5.70. The van der Waals surface area contributed by atoms with Gasteiger partial charge in [-0.2, -0.15) is 0 Å². The monoisotopic (exact) mass is 847 g/mol. The lowest BCUT2D eigenvalue weighted by atomic mass is 9.99. The summed E-state index contributed by atoms with van der Waals surface area (Å²) in [5, 5.41) is 40.1. The van der Waals surface area contributed by atoms with Gasteiger partial charge in [0.15, 0.2) is 12.4 Å². The number of ether oxygens (including phenoxy) is 4. The third kappa shape index (κ3) is 31.3.